The zero-order valence-corrected chi connectivity index (χ0v) is 9.87. The summed E-state index contributed by atoms with van der Waals surface area (Å²) in [6, 6.07) is 13.9. The molecule has 0 saturated carbocycles. The van der Waals surface area contributed by atoms with Crippen LogP contribution in [0.5, 0.6) is 0 Å². The van der Waals surface area contributed by atoms with E-state index in [2.05, 4.69) is 0 Å². The Morgan fingerprint density at radius 2 is 2.00 bits per heavy atom. The lowest BCUT2D eigenvalue weighted by atomic mass is 10.1. The van der Waals surface area contributed by atoms with Gasteiger partial charge in [-0.05, 0) is 11.5 Å². The average Bonchev–Trinajstić information content (AvgIpc) is 2.79. The van der Waals surface area contributed by atoms with E-state index < -0.39 is 0 Å². The van der Waals surface area contributed by atoms with Crippen LogP contribution in [0, 0.1) is 0 Å². The minimum absolute atomic E-state index is 0.212. The number of nitrogens with zero attached hydrogens (tertiary/aromatic N) is 1. The number of carbonyl (C=O) groups is 1. The molecule has 0 radical (unpaired) electrons. The highest BCUT2D eigenvalue weighted by Gasteiger charge is 2.32. The Labute approximate surface area is 105 Å². The summed E-state index contributed by atoms with van der Waals surface area (Å²) in [5.74, 6) is 0. The zero-order chi connectivity index (χ0) is 12.5. The van der Waals surface area contributed by atoms with Crippen LogP contribution in [0.3, 0.4) is 0 Å². The van der Waals surface area contributed by atoms with Crippen LogP contribution >= 0.6 is 0 Å². The van der Waals surface area contributed by atoms with Gasteiger partial charge in [0.15, 0.2) is 0 Å². The summed E-state index contributed by atoms with van der Waals surface area (Å²) >= 11 is 0. The topological polar surface area (TPSA) is 55.6 Å². The predicted molar refractivity (Wildman–Crippen MR) is 70.6 cm³/mol. The lowest BCUT2D eigenvalue weighted by molar-refractivity contribution is 0.145. The fraction of sp³-hybridized carbons (Fsp3) is 0.214. The number of cyclic esters (lactones) is 1. The number of anilines is 1. The third kappa shape index (κ3) is 1.71. The van der Waals surface area contributed by atoms with Gasteiger partial charge in [-0.1, -0.05) is 36.4 Å². The predicted octanol–water partition coefficient (Wildman–Crippen LogP) is 2.12. The van der Waals surface area contributed by atoms with Crippen molar-refractivity contribution in [2.24, 2.45) is 5.73 Å². The van der Waals surface area contributed by atoms with E-state index in [9.17, 15) is 4.79 Å². The maximum Gasteiger partial charge on any atom is 0.414 e. The molecule has 0 aromatic heterocycles. The molecule has 3 rings (SSSR count). The highest BCUT2D eigenvalue weighted by molar-refractivity contribution is 6.02. The molecule has 1 saturated heterocycles. The molecule has 1 heterocycles. The molecule has 2 aromatic rings. The second-order valence-electron chi connectivity index (χ2n) is 4.35. The van der Waals surface area contributed by atoms with Crippen LogP contribution < -0.4 is 10.6 Å². The van der Waals surface area contributed by atoms with Gasteiger partial charge in [-0.3, -0.25) is 4.90 Å². The minimum atomic E-state index is -0.318. The third-order valence-corrected chi connectivity index (χ3v) is 3.19. The molecule has 1 aliphatic heterocycles. The Morgan fingerprint density at radius 1 is 1.22 bits per heavy atom. The van der Waals surface area contributed by atoms with Crippen molar-refractivity contribution in [3.8, 4) is 0 Å². The van der Waals surface area contributed by atoms with Gasteiger partial charge in [0.25, 0.3) is 0 Å². The number of rotatable bonds is 2. The van der Waals surface area contributed by atoms with Crippen LogP contribution in [0.25, 0.3) is 10.8 Å². The second kappa shape index (κ2) is 4.31. The first-order valence-electron chi connectivity index (χ1n) is 5.95. The molecular formula is C14H14N2O2. The molecule has 0 bridgehead atoms. The van der Waals surface area contributed by atoms with E-state index in [1.165, 1.54) is 0 Å². The molecule has 92 valence electrons. The quantitative estimate of drug-likeness (QED) is 0.877. The highest BCUT2D eigenvalue weighted by Crippen LogP contribution is 2.29. The van der Waals surface area contributed by atoms with Crippen molar-refractivity contribution in [1.82, 2.24) is 0 Å². The van der Waals surface area contributed by atoms with Gasteiger partial charge in [0.1, 0.15) is 6.10 Å². The van der Waals surface area contributed by atoms with Crippen LogP contribution in [0.1, 0.15) is 0 Å². The first-order chi connectivity index (χ1) is 8.79. The summed E-state index contributed by atoms with van der Waals surface area (Å²) in [5, 5.41) is 2.16. The van der Waals surface area contributed by atoms with E-state index in [1.54, 1.807) is 4.90 Å². The SMILES string of the molecule is NCC1CN(c2cccc3ccccc23)C(=O)O1. The molecule has 4 heteroatoms. The van der Waals surface area contributed by atoms with E-state index >= 15 is 0 Å². The van der Waals surface area contributed by atoms with E-state index in [-0.39, 0.29) is 12.2 Å². The number of nitrogens with two attached hydrogens (primary N) is 1. The fourth-order valence-corrected chi connectivity index (χ4v) is 2.28. The first-order valence-corrected chi connectivity index (χ1v) is 5.95. The molecule has 1 aliphatic rings. The van der Waals surface area contributed by atoms with E-state index in [4.69, 9.17) is 10.5 Å². The largest absolute Gasteiger partial charge is 0.443 e. The van der Waals surface area contributed by atoms with Gasteiger partial charge in [-0.15, -0.1) is 0 Å². The van der Waals surface area contributed by atoms with Crippen LogP contribution in [0.2, 0.25) is 0 Å². The number of ether oxygens (including phenoxy) is 1. The summed E-state index contributed by atoms with van der Waals surface area (Å²) in [5.41, 5.74) is 6.43. The number of benzene rings is 2. The molecule has 1 fully saturated rings. The fourth-order valence-electron chi connectivity index (χ4n) is 2.28. The van der Waals surface area contributed by atoms with Gasteiger partial charge >= 0.3 is 6.09 Å². The minimum Gasteiger partial charge on any atom is -0.443 e. The molecule has 0 aliphatic carbocycles. The first kappa shape index (κ1) is 11.0. The van der Waals surface area contributed by atoms with Crippen molar-refractivity contribution in [2.45, 2.75) is 6.10 Å². The lowest BCUT2D eigenvalue weighted by Crippen LogP contribution is -2.27. The molecule has 18 heavy (non-hydrogen) atoms. The summed E-state index contributed by atoms with van der Waals surface area (Å²) in [6.45, 7) is 0.871. The number of hydrogen-bond acceptors (Lipinski definition) is 3. The smallest absolute Gasteiger partial charge is 0.414 e. The molecular weight excluding hydrogens is 228 g/mol. The van der Waals surface area contributed by atoms with Gasteiger partial charge in [0.05, 0.1) is 12.2 Å². The molecule has 1 unspecified atom stereocenters. The number of amides is 1. The van der Waals surface area contributed by atoms with Crippen LogP contribution in [-0.2, 0) is 4.74 Å². The molecule has 1 atom stereocenters. The molecule has 1 amide bonds. The van der Waals surface area contributed by atoms with Crippen molar-refractivity contribution in [1.29, 1.82) is 0 Å². The van der Waals surface area contributed by atoms with Gasteiger partial charge in [-0.2, -0.15) is 0 Å². The number of fused-ring (bicyclic) bond motifs is 1. The Bertz CT molecular complexity index is 592. The number of hydrogen-bond donors (Lipinski definition) is 1. The highest BCUT2D eigenvalue weighted by atomic mass is 16.6. The monoisotopic (exact) mass is 242 g/mol. The average molecular weight is 242 g/mol. The van der Waals surface area contributed by atoms with E-state index in [0.717, 1.165) is 16.5 Å². The van der Waals surface area contributed by atoms with Crippen molar-refractivity contribution in [3.63, 3.8) is 0 Å². The van der Waals surface area contributed by atoms with E-state index in [0.29, 0.717) is 13.1 Å². The summed E-state index contributed by atoms with van der Waals surface area (Å²) < 4.78 is 5.19. The Balaban J connectivity index is 2.07. The number of carbonyl (C=O) groups excluding carboxylic acids is 1. The summed E-state index contributed by atoms with van der Waals surface area (Å²) in [6.07, 6.45) is -0.529. The maximum atomic E-state index is 11.8. The molecule has 0 spiro atoms. The van der Waals surface area contributed by atoms with Crippen molar-refractivity contribution in [2.75, 3.05) is 18.0 Å². The van der Waals surface area contributed by atoms with Crippen LogP contribution in [0.4, 0.5) is 10.5 Å². The van der Waals surface area contributed by atoms with Crippen molar-refractivity contribution < 1.29 is 9.53 Å². The Morgan fingerprint density at radius 3 is 2.78 bits per heavy atom. The standard InChI is InChI=1S/C14H14N2O2/c15-8-11-9-16(14(17)18-11)13-7-3-5-10-4-1-2-6-12(10)13/h1-7,11H,8-9,15H2. The van der Waals surface area contributed by atoms with Crippen molar-refractivity contribution in [3.05, 3.63) is 42.5 Å². The maximum absolute atomic E-state index is 11.8. The van der Waals surface area contributed by atoms with Crippen molar-refractivity contribution >= 4 is 22.6 Å². The normalized spacial score (nSPS) is 19.3. The van der Waals surface area contributed by atoms with Crippen LogP contribution in [-0.4, -0.2) is 25.3 Å². The zero-order valence-electron chi connectivity index (χ0n) is 9.87. The molecule has 4 nitrogen and oxygen atoms in total. The van der Waals surface area contributed by atoms with Gasteiger partial charge in [0, 0.05) is 11.9 Å². The van der Waals surface area contributed by atoms with Gasteiger partial charge in [-0.25, -0.2) is 4.79 Å². The lowest BCUT2D eigenvalue weighted by Gasteiger charge is -2.15. The van der Waals surface area contributed by atoms with Gasteiger partial charge in [0.2, 0.25) is 0 Å². The summed E-state index contributed by atoms with van der Waals surface area (Å²) in [4.78, 5) is 13.5. The van der Waals surface area contributed by atoms with Crippen LogP contribution in [0.15, 0.2) is 42.5 Å². The Kier molecular flexibility index (Phi) is 2.64. The summed E-state index contributed by atoms with van der Waals surface area (Å²) in [7, 11) is 0. The second-order valence-corrected chi connectivity index (χ2v) is 4.35. The van der Waals surface area contributed by atoms with Gasteiger partial charge < -0.3 is 10.5 Å². The molecule has 2 N–H and O–H groups in total. The van der Waals surface area contributed by atoms with E-state index in [1.807, 2.05) is 42.5 Å². The Hall–Kier alpha value is -2.07. The molecule has 2 aromatic carbocycles. The third-order valence-electron chi connectivity index (χ3n) is 3.19.